The molecule has 4 heteroatoms. The van der Waals surface area contributed by atoms with Gasteiger partial charge < -0.3 is 9.84 Å². The Morgan fingerprint density at radius 2 is 1.80 bits per heavy atom. The molecule has 0 bridgehead atoms. The first-order valence-corrected chi connectivity index (χ1v) is 9.77. The van der Waals surface area contributed by atoms with Gasteiger partial charge in [0.05, 0.1) is 7.11 Å². The Morgan fingerprint density at radius 3 is 2.52 bits per heavy atom. The lowest BCUT2D eigenvalue weighted by Crippen LogP contribution is -2.27. The molecule has 4 nitrogen and oxygen atoms in total. The highest BCUT2D eigenvalue weighted by molar-refractivity contribution is 6.08. The third-order valence-electron chi connectivity index (χ3n) is 4.81. The van der Waals surface area contributed by atoms with E-state index < -0.39 is 5.60 Å². The lowest BCUT2D eigenvalue weighted by atomic mass is 9.89. The van der Waals surface area contributed by atoms with E-state index in [1.165, 1.54) is 38.9 Å². The predicted octanol–water partition coefficient (Wildman–Crippen LogP) is 4.66. The summed E-state index contributed by atoms with van der Waals surface area (Å²) in [6.45, 7) is 2.20. The Labute approximate surface area is 152 Å². The smallest absolute Gasteiger partial charge is 0.305 e. The summed E-state index contributed by atoms with van der Waals surface area (Å²) in [5, 5.41) is 10.8. The molecule has 0 unspecified atom stereocenters. The molecule has 142 valence electrons. The summed E-state index contributed by atoms with van der Waals surface area (Å²) in [6.07, 6.45) is 16.5. The summed E-state index contributed by atoms with van der Waals surface area (Å²) >= 11 is 0. The molecule has 0 aromatic rings. The molecule has 0 amide bonds. The summed E-state index contributed by atoms with van der Waals surface area (Å²) in [6, 6.07) is 0. The van der Waals surface area contributed by atoms with Crippen LogP contribution < -0.4 is 0 Å². The number of ether oxygens (including phenoxy) is 1. The Kier molecular flexibility index (Phi) is 10.4. The lowest BCUT2D eigenvalue weighted by Gasteiger charge is -2.22. The Morgan fingerprint density at radius 1 is 1.12 bits per heavy atom. The van der Waals surface area contributed by atoms with E-state index in [1.54, 1.807) is 6.08 Å². The van der Waals surface area contributed by atoms with Gasteiger partial charge in [0.25, 0.3) is 0 Å². The average Bonchev–Trinajstić information content (AvgIpc) is 2.89. The Balaban J connectivity index is 2.34. The number of carbonyl (C=O) groups excluding carboxylic acids is 2. The molecule has 0 saturated carbocycles. The fraction of sp³-hybridized carbons (Fsp3) is 0.714. The van der Waals surface area contributed by atoms with E-state index in [4.69, 9.17) is 0 Å². The topological polar surface area (TPSA) is 63.6 Å². The number of esters is 1. The molecule has 0 aliphatic heterocycles. The van der Waals surface area contributed by atoms with Crippen LogP contribution in [0.2, 0.25) is 0 Å². The van der Waals surface area contributed by atoms with Gasteiger partial charge in [-0.2, -0.15) is 0 Å². The monoisotopic (exact) mass is 350 g/mol. The van der Waals surface area contributed by atoms with Crippen LogP contribution in [0.15, 0.2) is 23.8 Å². The first-order chi connectivity index (χ1) is 12.0. The maximum Gasteiger partial charge on any atom is 0.305 e. The van der Waals surface area contributed by atoms with Crippen LogP contribution in [0.4, 0.5) is 0 Å². The van der Waals surface area contributed by atoms with Gasteiger partial charge in [0.15, 0.2) is 5.78 Å². The number of hydrogen-bond acceptors (Lipinski definition) is 4. The highest BCUT2D eigenvalue weighted by atomic mass is 16.5. The van der Waals surface area contributed by atoms with E-state index in [-0.39, 0.29) is 11.8 Å². The molecule has 1 aliphatic carbocycles. The second-order valence-electron chi connectivity index (χ2n) is 6.93. The van der Waals surface area contributed by atoms with Crippen LogP contribution in [0.3, 0.4) is 0 Å². The largest absolute Gasteiger partial charge is 0.469 e. The van der Waals surface area contributed by atoms with E-state index in [1.807, 2.05) is 6.08 Å². The van der Waals surface area contributed by atoms with Crippen LogP contribution in [0.25, 0.3) is 0 Å². The van der Waals surface area contributed by atoms with Crippen LogP contribution in [-0.4, -0.2) is 29.6 Å². The summed E-state index contributed by atoms with van der Waals surface area (Å²) in [5.74, 6) is -0.245. The van der Waals surface area contributed by atoms with Crippen molar-refractivity contribution in [2.45, 2.75) is 89.6 Å². The minimum Gasteiger partial charge on any atom is -0.469 e. The molecule has 1 rings (SSSR count). The molecule has 0 heterocycles. The molecular weight excluding hydrogens is 316 g/mol. The van der Waals surface area contributed by atoms with Crippen molar-refractivity contribution in [1.82, 2.24) is 0 Å². The number of unbranched alkanes of at least 4 members (excludes halogenated alkanes) is 8. The maximum atomic E-state index is 12.0. The number of aliphatic hydroxyl groups is 1. The molecule has 0 aromatic heterocycles. The number of allylic oxidation sites excluding steroid dienone is 2. The Bertz CT molecular complexity index is 478. The summed E-state index contributed by atoms with van der Waals surface area (Å²) < 4.78 is 4.61. The highest BCUT2D eigenvalue weighted by Crippen LogP contribution is 2.32. The standard InChI is InChI=1S/C21H34O4/c1-3-4-5-6-9-12-16-21(24)17-15-19(22)18(21)13-10-7-8-11-14-20(23)25-2/h13,15,17,24H,3-12,14,16H2,1-2H3/b18-13+/t21-/m1/s1. The van der Waals surface area contributed by atoms with Gasteiger partial charge in [0.1, 0.15) is 5.60 Å². The van der Waals surface area contributed by atoms with E-state index in [0.29, 0.717) is 18.4 Å². The molecule has 0 saturated heterocycles. The molecule has 1 N–H and O–H groups in total. The molecule has 1 aliphatic rings. The van der Waals surface area contributed by atoms with Gasteiger partial charge in [-0.05, 0) is 44.3 Å². The summed E-state index contributed by atoms with van der Waals surface area (Å²) in [7, 11) is 1.40. The second kappa shape index (κ2) is 12.0. The van der Waals surface area contributed by atoms with Crippen molar-refractivity contribution < 1.29 is 19.4 Å². The fourth-order valence-electron chi connectivity index (χ4n) is 3.22. The number of ketones is 1. The van der Waals surface area contributed by atoms with Gasteiger partial charge in [-0.15, -0.1) is 0 Å². The van der Waals surface area contributed by atoms with Crippen LogP contribution in [0, 0.1) is 0 Å². The third kappa shape index (κ3) is 8.00. The van der Waals surface area contributed by atoms with Gasteiger partial charge in [0, 0.05) is 12.0 Å². The van der Waals surface area contributed by atoms with Crippen LogP contribution in [-0.2, 0) is 14.3 Å². The van der Waals surface area contributed by atoms with Crippen molar-refractivity contribution >= 4 is 11.8 Å². The molecular formula is C21H34O4. The average molecular weight is 350 g/mol. The molecule has 0 fully saturated rings. The van der Waals surface area contributed by atoms with Crippen LogP contribution in [0.1, 0.15) is 84.0 Å². The molecule has 0 aromatic carbocycles. The highest BCUT2D eigenvalue weighted by Gasteiger charge is 2.36. The van der Waals surface area contributed by atoms with Gasteiger partial charge in [0.2, 0.25) is 0 Å². The van der Waals surface area contributed by atoms with Crippen molar-refractivity contribution in [3.63, 3.8) is 0 Å². The molecule has 0 spiro atoms. The number of carbonyl (C=O) groups is 2. The van der Waals surface area contributed by atoms with Gasteiger partial charge >= 0.3 is 5.97 Å². The predicted molar refractivity (Wildman–Crippen MR) is 100 cm³/mol. The molecule has 25 heavy (non-hydrogen) atoms. The quantitative estimate of drug-likeness (QED) is 0.298. The molecule has 0 radical (unpaired) electrons. The van der Waals surface area contributed by atoms with Crippen molar-refractivity contribution in [3.05, 3.63) is 23.8 Å². The van der Waals surface area contributed by atoms with E-state index >= 15 is 0 Å². The number of hydrogen-bond donors (Lipinski definition) is 1. The van der Waals surface area contributed by atoms with Crippen molar-refractivity contribution in [2.24, 2.45) is 0 Å². The minimum atomic E-state index is -1.08. The van der Waals surface area contributed by atoms with Crippen LogP contribution >= 0.6 is 0 Å². The third-order valence-corrected chi connectivity index (χ3v) is 4.81. The van der Waals surface area contributed by atoms with E-state index in [9.17, 15) is 14.7 Å². The zero-order chi connectivity index (χ0) is 18.5. The number of methoxy groups -OCH3 is 1. The second-order valence-corrected chi connectivity index (χ2v) is 6.93. The van der Waals surface area contributed by atoms with Crippen molar-refractivity contribution in [3.8, 4) is 0 Å². The lowest BCUT2D eigenvalue weighted by molar-refractivity contribution is -0.140. The van der Waals surface area contributed by atoms with E-state index in [2.05, 4.69) is 11.7 Å². The Hall–Kier alpha value is -1.42. The van der Waals surface area contributed by atoms with Crippen molar-refractivity contribution in [1.29, 1.82) is 0 Å². The SMILES string of the molecule is CCCCCCCC[C@@]1(O)C=CC(=O)/C1=C\CCCCCC(=O)OC. The zero-order valence-corrected chi connectivity index (χ0v) is 15.9. The minimum absolute atomic E-state index is 0.0666. The number of rotatable bonds is 13. The fourth-order valence-corrected chi connectivity index (χ4v) is 3.22. The summed E-state index contributed by atoms with van der Waals surface area (Å²) in [4.78, 5) is 23.1. The maximum absolute atomic E-state index is 12.0. The molecule has 1 atom stereocenters. The van der Waals surface area contributed by atoms with Gasteiger partial charge in [-0.25, -0.2) is 0 Å². The first kappa shape index (κ1) is 21.6. The van der Waals surface area contributed by atoms with Crippen molar-refractivity contribution in [2.75, 3.05) is 7.11 Å². The van der Waals surface area contributed by atoms with Crippen LogP contribution in [0.5, 0.6) is 0 Å². The summed E-state index contributed by atoms with van der Waals surface area (Å²) in [5.41, 5.74) is -0.539. The normalized spacial score (nSPS) is 21.2. The van der Waals surface area contributed by atoms with Gasteiger partial charge in [-0.1, -0.05) is 51.5 Å². The van der Waals surface area contributed by atoms with E-state index in [0.717, 1.165) is 38.5 Å². The van der Waals surface area contributed by atoms with Gasteiger partial charge in [-0.3, -0.25) is 9.59 Å². The zero-order valence-electron chi connectivity index (χ0n) is 15.9. The first-order valence-electron chi connectivity index (χ1n) is 9.77.